The topological polar surface area (TPSA) is 121 Å². The van der Waals surface area contributed by atoms with Crippen LogP contribution >= 0.6 is 11.6 Å². The van der Waals surface area contributed by atoms with Crippen molar-refractivity contribution in [2.45, 2.75) is 50.7 Å². The highest BCUT2D eigenvalue weighted by atomic mass is 35.5. The molecule has 2 aliphatic rings. The summed E-state index contributed by atoms with van der Waals surface area (Å²) in [6, 6.07) is 9.82. The van der Waals surface area contributed by atoms with E-state index >= 15 is 0 Å². The Bertz CT molecular complexity index is 1140. The van der Waals surface area contributed by atoms with Gasteiger partial charge in [-0.1, -0.05) is 30.3 Å². The number of halogens is 1. The van der Waals surface area contributed by atoms with Gasteiger partial charge in [-0.3, -0.25) is 4.57 Å². The largest absolute Gasteiger partial charge is 0.479 e. The molecular weight excluding hydrogens is 426 g/mol. The fourth-order valence-corrected chi connectivity index (χ4v) is 4.15. The van der Waals surface area contributed by atoms with Crippen LogP contribution in [0.15, 0.2) is 36.7 Å². The second-order valence-electron chi connectivity index (χ2n) is 7.85. The molecule has 2 N–H and O–H groups in total. The smallest absolute Gasteiger partial charge is 0.335 e. The Balaban J connectivity index is 1.49. The fourth-order valence-electron chi connectivity index (χ4n) is 3.98. The summed E-state index contributed by atoms with van der Waals surface area (Å²) in [5.41, 5.74) is 1.95. The summed E-state index contributed by atoms with van der Waals surface area (Å²) in [7, 11) is 0. The molecule has 0 radical (unpaired) electrons. The summed E-state index contributed by atoms with van der Waals surface area (Å²) in [4.78, 5) is 24.7. The first-order chi connectivity index (χ1) is 14.8. The number of hydrogen-bond acceptors (Lipinski definition) is 8. The van der Waals surface area contributed by atoms with Crippen LogP contribution in [0.4, 0.5) is 5.82 Å². The van der Waals surface area contributed by atoms with Gasteiger partial charge < -0.3 is 24.6 Å². The number of nitrogens with one attached hydrogen (secondary N) is 1. The maximum Gasteiger partial charge on any atom is 0.335 e. The van der Waals surface area contributed by atoms with Crippen LogP contribution in [-0.2, 0) is 25.5 Å². The molecule has 11 heteroatoms. The first-order valence-corrected chi connectivity index (χ1v) is 10.1. The zero-order valence-electron chi connectivity index (χ0n) is 16.7. The number of imidazole rings is 1. The normalized spacial score (nSPS) is 26.8. The van der Waals surface area contributed by atoms with E-state index in [2.05, 4.69) is 20.3 Å². The quantitative estimate of drug-likeness (QED) is 0.570. The maximum atomic E-state index is 11.7. The number of ether oxygens (including phenoxy) is 3. The van der Waals surface area contributed by atoms with Crippen LogP contribution in [0, 0.1) is 0 Å². The molecule has 0 saturated carbocycles. The minimum Gasteiger partial charge on any atom is -0.479 e. The highest BCUT2D eigenvalue weighted by Gasteiger charge is 2.58. The van der Waals surface area contributed by atoms with Crippen LogP contribution in [0.25, 0.3) is 11.2 Å². The lowest BCUT2D eigenvalue weighted by atomic mass is 10.1. The van der Waals surface area contributed by atoms with E-state index in [-0.39, 0.29) is 5.28 Å². The fraction of sp³-hybridized carbons (Fsp3) is 0.400. The van der Waals surface area contributed by atoms with Crippen molar-refractivity contribution >= 4 is 34.6 Å². The lowest BCUT2D eigenvalue weighted by Crippen LogP contribution is -2.35. The number of carboxylic acids is 1. The zero-order valence-corrected chi connectivity index (χ0v) is 17.5. The van der Waals surface area contributed by atoms with Crippen molar-refractivity contribution in [3.63, 3.8) is 0 Å². The average Bonchev–Trinajstić information content (AvgIpc) is 3.37. The Morgan fingerprint density at radius 2 is 1.97 bits per heavy atom. The van der Waals surface area contributed by atoms with E-state index in [9.17, 15) is 9.90 Å². The number of aliphatic carboxylic acids is 1. The van der Waals surface area contributed by atoms with E-state index in [1.165, 1.54) is 6.33 Å². The minimum absolute atomic E-state index is 0.0260. The molecule has 0 aliphatic carbocycles. The second kappa shape index (κ2) is 7.41. The van der Waals surface area contributed by atoms with Crippen molar-refractivity contribution in [3.05, 3.63) is 47.5 Å². The van der Waals surface area contributed by atoms with E-state index in [0.717, 1.165) is 5.56 Å². The monoisotopic (exact) mass is 445 g/mol. The molecule has 1 aromatic carbocycles. The zero-order chi connectivity index (χ0) is 21.8. The van der Waals surface area contributed by atoms with Gasteiger partial charge in [0, 0.05) is 6.54 Å². The average molecular weight is 446 g/mol. The van der Waals surface area contributed by atoms with Crippen LogP contribution in [-0.4, -0.2) is 54.7 Å². The van der Waals surface area contributed by atoms with Crippen molar-refractivity contribution in [1.29, 1.82) is 0 Å². The van der Waals surface area contributed by atoms with Gasteiger partial charge in [-0.2, -0.15) is 9.97 Å². The first-order valence-electron chi connectivity index (χ1n) is 9.74. The van der Waals surface area contributed by atoms with Crippen molar-refractivity contribution in [3.8, 4) is 0 Å². The van der Waals surface area contributed by atoms with Crippen molar-refractivity contribution in [1.82, 2.24) is 19.5 Å². The molecule has 0 amide bonds. The molecule has 0 unspecified atom stereocenters. The van der Waals surface area contributed by atoms with E-state index < -0.39 is 36.3 Å². The van der Waals surface area contributed by atoms with E-state index in [4.69, 9.17) is 25.8 Å². The molecule has 5 rings (SSSR count). The van der Waals surface area contributed by atoms with Gasteiger partial charge in [0.1, 0.15) is 12.2 Å². The van der Waals surface area contributed by atoms with Crippen LogP contribution < -0.4 is 5.32 Å². The van der Waals surface area contributed by atoms with Crippen molar-refractivity contribution in [2.24, 2.45) is 0 Å². The Hall–Kier alpha value is -2.79. The maximum absolute atomic E-state index is 11.7. The Kier molecular flexibility index (Phi) is 4.82. The molecule has 2 aliphatic heterocycles. The number of hydrogen-bond donors (Lipinski definition) is 2. The summed E-state index contributed by atoms with van der Waals surface area (Å²) in [5, 5.41) is 12.8. The third-order valence-corrected chi connectivity index (χ3v) is 5.41. The molecule has 4 heterocycles. The van der Waals surface area contributed by atoms with Crippen LogP contribution in [0.1, 0.15) is 25.6 Å². The molecular formula is C20H20ClN5O5. The standard InChI is InChI=1S/C20H20ClN5O5/c1-20(2)30-12-13(31-20)17(29-14(12)18(27)28)26-9-23-11-15(24-19(21)25-16(11)26)22-8-10-6-4-3-5-7-10/h3-7,9,12-14,17H,8H2,1-2H3,(H,27,28)(H,22,24,25)/t12-,13+,14-,17+/m0/s1. The summed E-state index contributed by atoms with van der Waals surface area (Å²) in [5.74, 6) is -1.59. The summed E-state index contributed by atoms with van der Waals surface area (Å²) in [6.45, 7) is 3.99. The van der Waals surface area contributed by atoms with Gasteiger partial charge in [0.25, 0.3) is 0 Å². The molecule has 2 aromatic heterocycles. The van der Waals surface area contributed by atoms with Gasteiger partial charge >= 0.3 is 5.97 Å². The van der Waals surface area contributed by atoms with E-state index in [1.54, 1.807) is 18.4 Å². The number of carbonyl (C=O) groups is 1. The highest BCUT2D eigenvalue weighted by Crippen LogP contribution is 2.44. The first kappa shape index (κ1) is 20.1. The van der Waals surface area contributed by atoms with Crippen LogP contribution in [0.2, 0.25) is 5.28 Å². The van der Waals surface area contributed by atoms with Crippen LogP contribution in [0.3, 0.4) is 0 Å². The van der Waals surface area contributed by atoms with E-state index in [0.29, 0.717) is 23.5 Å². The summed E-state index contributed by atoms with van der Waals surface area (Å²) in [6.07, 6.45) is -1.87. The van der Waals surface area contributed by atoms with Gasteiger partial charge in [-0.25, -0.2) is 9.78 Å². The minimum atomic E-state index is -1.18. The molecule has 10 nitrogen and oxygen atoms in total. The Morgan fingerprint density at radius 3 is 2.71 bits per heavy atom. The van der Waals surface area contributed by atoms with Crippen molar-refractivity contribution < 1.29 is 24.1 Å². The van der Waals surface area contributed by atoms with Crippen LogP contribution in [0.5, 0.6) is 0 Å². The number of carboxylic acid groups (broad SMARTS) is 1. The second-order valence-corrected chi connectivity index (χ2v) is 8.19. The lowest BCUT2D eigenvalue weighted by Gasteiger charge is -2.23. The van der Waals surface area contributed by atoms with E-state index in [1.807, 2.05) is 30.3 Å². The summed E-state index contributed by atoms with van der Waals surface area (Å²) < 4.78 is 19.1. The molecule has 4 atom stereocenters. The molecule has 2 saturated heterocycles. The Labute approximate surface area is 182 Å². The van der Waals surface area contributed by atoms with Gasteiger partial charge in [-0.15, -0.1) is 0 Å². The molecule has 162 valence electrons. The number of rotatable bonds is 5. The third kappa shape index (κ3) is 3.61. The molecule has 0 bridgehead atoms. The molecule has 2 fully saturated rings. The Morgan fingerprint density at radius 1 is 1.23 bits per heavy atom. The summed E-state index contributed by atoms with van der Waals surface area (Å²) >= 11 is 6.18. The van der Waals surface area contributed by atoms with Crippen molar-refractivity contribution in [2.75, 3.05) is 5.32 Å². The molecule has 31 heavy (non-hydrogen) atoms. The predicted molar refractivity (Wildman–Crippen MR) is 109 cm³/mol. The molecule has 0 spiro atoms. The third-order valence-electron chi connectivity index (χ3n) is 5.24. The number of nitrogens with zero attached hydrogens (tertiary/aromatic N) is 4. The highest BCUT2D eigenvalue weighted by molar-refractivity contribution is 6.28. The van der Waals surface area contributed by atoms with Gasteiger partial charge in [0.15, 0.2) is 35.1 Å². The van der Waals surface area contributed by atoms with Gasteiger partial charge in [-0.05, 0) is 31.0 Å². The predicted octanol–water partition coefficient (Wildman–Crippen LogP) is 2.59. The number of aromatic nitrogens is 4. The lowest BCUT2D eigenvalue weighted by molar-refractivity contribution is -0.202. The van der Waals surface area contributed by atoms with Gasteiger partial charge in [0.05, 0.1) is 6.33 Å². The number of anilines is 1. The SMILES string of the molecule is CC1(C)O[C@@H]2[C@H](O1)[C@@H](C(=O)O)O[C@H]2n1cnc2c(NCc3ccccc3)nc(Cl)nc21. The van der Waals surface area contributed by atoms with Gasteiger partial charge in [0.2, 0.25) is 5.28 Å². The molecule has 3 aromatic rings. The number of benzene rings is 1. The number of fused-ring (bicyclic) bond motifs is 2.